The number of anilines is 2. The van der Waals surface area contributed by atoms with Crippen molar-refractivity contribution in [3.05, 3.63) is 42.1 Å². The number of methoxy groups -OCH3 is 1. The topological polar surface area (TPSA) is 107 Å². The smallest absolute Gasteiger partial charge is 0.419 e. The first-order valence-corrected chi connectivity index (χ1v) is 11.1. The fraction of sp³-hybridized carbons (Fsp3) is 0.435. The molecule has 2 aliphatic heterocycles. The van der Waals surface area contributed by atoms with Crippen molar-refractivity contribution in [3.63, 3.8) is 0 Å². The van der Waals surface area contributed by atoms with Crippen LogP contribution in [0.2, 0.25) is 0 Å². The number of hydrogen-bond donors (Lipinski definition) is 2. The molecule has 1 unspecified atom stereocenters. The van der Waals surface area contributed by atoms with Crippen LogP contribution in [0.15, 0.2) is 36.5 Å². The van der Waals surface area contributed by atoms with E-state index in [9.17, 15) is 14.7 Å². The quantitative estimate of drug-likeness (QED) is 0.728. The molecule has 3 heterocycles. The molecule has 10 nitrogen and oxygen atoms in total. The summed E-state index contributed by atoms with van der Waals surface area (Å²) in [5.74, 6) is 0.961. The summed E-state index contributed by atoms with van der Waals surface area (Å²) in [4.78, 5) is 32.0. The number of carbonyl (C=O) groups excluding carboxylic acids is 1. The zero-order valence-corrected chi connectivity index (χ0v) is 18.6. The van der Waals surface area contributed by atoms with E-state index >= 15 is 0 Å². The Kier molecular flexibility index (Phi) is 5.55. The van der Waals surface area contributed by atoms with E-state index in [-0.39, 0.29) is 18.2 Å². The van der Waals surface area contributed by atoms with E-state index in [1.807, 2.05) is 12.1 Å². The molecule has 2 amide bonds. The number of amides is 2. The number of rotatable bonds is 4. The first-order valence-electron chi connectivity index (χ1n) is 11.1. The Morgan fingerprint density at radius 2 is 1.97 bits per heavy atom. The average molecular weight is 453 g/mol. The summed E-state index contributed by atoms with van der Waals surface area (Å²) in [7, 11) is 1.51. The second-order valence-corrected chi connectivity index (χ2v) is 8.71. The highest BCUT2D eigenvalue weighted by Gasteiger charge is 2.38. The molecule has 0 spiro atoms. The van der Waals surface area contributed by atoms with Gasteiger partial charge in [0, 0.05) is 31.1 Å². The number of fused-ring (bicyclic) bond motifs is 1. The van der Waals surface area contributed by atoms with E-state index in [4.69, 9.17) is 9.47 Å². The van der Waals surface area contributed by atoms with Gasteiger partial charge in [-0.05, 0) is 43.5 Å². The molecule has 2 fully saturated rings. The monoisotopic (exact) mass is 453 g/mol. The zero-order valence-electron chi connectivity index (χ0n) is 18.6. The standard InChI is InChI=1S/C23H27N5O5/c1-14-12-26(23(31)33-18-6-8-21(32-2)24-11-18)20-9-15(3-7-19(20)28(14)22(29)30)16-10-25-27(13-16)17-4-5-17/h3,6-9,11,14,16-17,25H,4-5,10,12-13H2,1-2H3,(H,29,30)/t14-,16?/m0/s1. The van der Waals surface area contributed by atoms with Gasteiger partial charge in [0.25, 0.3) is 0 Å². The molecule has 1 saturated heterocycles. The molecular weight excluding hydrogens is 426 g/mol. The fourth-order valence-corrected chi connectivity index (χ4v) is 4.55. The van der Waals surface area contributed by atoms with Gasteiger partial charge in [-0.3, -0.25) is 15.2 Å². The van der Waals surface area contributed by atoms with Gasteiger partial charge in [0.05, 0.1) is 37.3 Å². The van der Waals surface area contributed by atoms with Gasteiger partial charge in [-0.15, -0.1) is 0 Å². The number of pyridine rings is 1. The van der Waals surface area contributed by atoms with Crippen molar-refractivity contribution in [3.8, 4) is 11.6 Å². The van der Waals surface area contributed by atoms with E-state index in [0.29, 0.717) is 23.3 Å². The predicted octanol–water partition coefficient (Wildman–Crippen LogP) is 3.05. The molecule has 10 heteroatoms. The zero-order chi connectivity index (χ0) is 23.1. The van der Waals surface area contributed by atoms with E-state index in [1.165, 1.54) is 35.9 Å². The molecule has 174 valence electrons. The normalized spacial score (nSPS) is 22.7. The molecule has 33 heavy (non-hydrogen) atoms. The molecule has 1 aromatic heterocycles. The lowest BCUT2D eigenvalue weighted by atomic mass is 9.97. The van der Waals surface area contributed by atoms with Crippen LogP contribution in [0.5, 0.6) is 11.6 Å². The van der Waals surface area contributed by atoms with Crippen LogP contribution in [0.3, 0.4) is 0 Å². The van der Waals surface area contributed by atoms with Gasteiger partial charge in [-0.25, -0.2) is 19.6 Å². The number of ether oxygens (including phenoxy) is 2. The van der Waals surface area contributed by atoms with Crippen molar-refractivity contribution in [1.29, 1.82) is 0 Å². The Labute approximate surface area is 191 Å². The second-order valence-electron chi connectivity index (χ2n) is 8.71. The van der Waals surface area contributed by atoms with Crippen molar-refractivity contribution >= 4 is 23.6 Å². The molecule has 3 aliphatic rings. The summed E-state index contributed by atoms with van der Waals surface area (Å²) in [5.41, 5.74) is 5.53. The number of hydrazine groups is 1. The Hall–Kier alpha value is -3.37. The minimum atomic E-state index is -1.05. The molecule has 2 aromatic rings. The first kappa shape index (κ1) is 21.5. The van der Waals surface area contributed by atoms with Crippen LogP contribution < -0.4 is 24.7 Å². The van der Waals surface area contributed by atoms with E-state index in [1.54, 1.807) is 25.1 Å². The lowest BCUT2D eigenvalue weighted by Gasteiger charge is -2.39. The number of nitrogens with zero attached hydrogens (tertiary/aromatic N) is 4. The van der Waals surface area contributed by atoms with Crippen molar-refractivity contribution in [2.45, 2.75) is 37.8 Å². The van der Waals surface area contributed by atoms with E-state index < -0.39 is 18.2 Å². The van der Waals surface area contributed by atoms with Crippen molar-refractivity contribution in [2.24, 2.45) is 0 Å². The Bertz CT molecular complexity index is 1060. The molecule has 2 N–H and O–H groups in total. The molecule has 0 radical (unpaired) electrons. The molecule has 1 aliphatic carbocycles. The Morgan fingerprint density at radius 1 is 1.15 bits per heavy atom. The number of carboxylic acid groups (broad SMARTS) is 1. The molecule has 2 atom stereocenters. The Balaban J connectivity index is 1.43. The van der Waals surface area contributed by atoms with Gasteiger partial charge in [0.15, 0.2) is 5.75 Å². The van der Waals surface area contributed by atoms with Gasteiger partial charge in [0.2, 0.25) is 5.88 Å². The summed E-state index contributed by atoms with van der Waals surface area (Å²) in [6.45, 7) is 3.66. The third kappa shape index (κ3) is 4.19. The summed E-state index contributed by atoms with van der Waals surface area (Å²) in [6.07, 6.45) is 2.22. The van der Waals surface area contributed by atoms with Crippen LogP contribution >= 0.6 is 0 Å². The van der Waals surface area contributed by atoms with Crippen LogP contribution in [0, 0.1) is 0 Å². The van der Waals surface area contributed by atoms with Crippen LogP contribution in [0.25, 0.3) is 0 Å². The Morgan fingerprint density at radius 3 is 2.64 bits per heavy atom. The number of carbonyl (C=O) groups is 2. The number of hydrogen-bond acceptors (Lipinski definition) is 7. The summed E-state index contributed by atoms with van der Waals surface area (Å²) in [5, 5.41) is 12.1. The lowest BCUT2D eigenvalue weighted by Crippen LogP contribution is -2.52. The SMILES string of the molecule is COc1ccc(OC(=O)N2C[C@H](C)N(C(=O)O)c3ccc(C4CNN(C5CC5)C4)cc32)cn1. The second kappa shape index (κ2) is 8.53. The van der Waals surface area contributed by atoms with Gasteiger partial charge >= 0.3 is 12.2 Å². The number of benzene rings is 1. The van der Waals surface area contributed by atoms with Gasteiger partial charge in [0.1, 0.15) is 0 Å². The predicted molar refractivity (Wildman–Crippen MR) is 121 cm³/mol. The first-order chi connectivity index (χ1) is 15.9. The van der Waals surface area contributed by atoms with Crippen LogP contribution in [0.1, 0.15) is 31.2 Å². The minimum Gasteiger partial charge on any atom is -0.481 e. The number of aromatic nitrogens is 1. The van der Waals surface area contributed by atoms with Crippen LogP contribution in [-0.4, -0.2) is 66.1 Å². The van der Waals surface area contributed by atoms with Crippen molar-refractivity contribution in [2.75, 3.05) is 36.5 Å². The minimum absolute atomic E-state index is 0.183. The molecule has 1 saturated carbocycles. The maximum Gasteiger partial charge on any atom is 0.419 e. The largest absolute Gasteiger partial charge is 0.481 e. The lowest BCUT2D eigenvalue weighted by molar-refractivity contribution is 0.196. The maximum absolute atomic E-state index is 13.1. The molecule has 1 aromatic carbocycles. The third-order valence-corrected chi connectivity index (χ3v) is 6.40. The van der Waals surface area contributed by atoms with E-state index in [0.717, 1.165) is 18.7 Å². The van der Waals surface area contributed by atoms with Gasteiger partial charge in [-0.1, -0.05) is 6.07 Å². The molecular formula is C23H27N5O5. The highest BCUT2D eigenvalue weighted by Crippen LogP contribution is 2.39. The highest BCUT2D eigenvalue weighted by atomic mass is 16.6. The molecule has 5 rings (SSSR count). The highest BCUT2D eigenvalue weighted by molar-refractivity contribution is 6.00. The maximum atomic E-state index is 13.1. The van der Waals surface area contributed by atoms with E-state index in [2.05, 4.69) is 15.4 Å². The third-order valence-electron chi connectivity index (χ3n) is 6.40. The van der Waals surface area contributed by atoms with Gasteiger partial charge in [-0.2, -0.15) is 0 Å². The number of nitrogens with one attached hydrogen (secondary N) is 1. The van der Waals surface area contributed by atoms with Crippen LogP contribution in [0.4, 0.5) is 21.0 Å². The molecule has 0 bridgehead atoms. The van der Waals surface area contributed by atoms with Gasteiger partial charge < -0.3 is 14.6 Å². The van der Waals surface area contributed by atoms with Crippen LogP contribution in [-0.2, 0) is 0 Å². The van der Waals surface area contributed by atoms with Crippen molar-refractivity contribution in [1.82, 2.24) is 15.4 Å². The fourth-order valence-electron chi connectivity index (χ4n) is 4.55. The summed E-state index contributed by atoms with van der Waals surface area (Å²) < 4.78 is 10.6. The van der Waals surface area contributed by atoms with Crippen molar-refractivity contribution < 1.29 is 24.2 Å². The summed E-state index contributed by atoms with van der Waals surface area (Å²) in [6, 6.07) is 9.08. The average Bonchev–Trinajstić information content (AvgIpc) is 3.54. The summed E-state index contributed by atoms with van der Waals surface area (Å²) >= 11 is 0.